The van der Waals surface area contributed by atoms with Gasteiger partial charge in [0.05, 0.1) is 17.2 Å². The third kappa shape index (κ3) is 4.73. The van der Waals surface area contributed by atoms with Crippen LogP contribution in [0.25, 0.3) is 0 Å². The summed E-state index contributed by atoms with van der Waals surface area (Å²) in [5.74, 6) is 0.272. The topological polar surface area (TPSA) is 78.4 Å². The number of carbonyl (C=O) groups is 2. The summed E-state index contributed by atoms with van der Waals surface area (Å²) in [6, 6.07) is 6.85. The highest BCUT2D eigenvalue weighted by Gasteiger charge is 2.28. The van der Waals surface area contributed by atoms with Gasteiger partial charge in [0.15, 0.2) is 0 Å². The van der Waals surface area contributed by atoms with Crippen molar-refractivity contribution >= 4 is 35.1 Å². The Labute approximate surface area is 181 Å². The van der Waals surface area contributed by atoms with Crippen LogP contribution in [0.5, 0.6) is 0 Å². The molecule has 1 unspecified atom stereocenters. The zero-order valence-electron chi connectivity index (χ0n) is 16.9. The van der Waals surface area contributed by atoms with Gasteiger partial charge in [-0.15, -0.1) is 0 Å². The first-order chi connectivity index (χ1) is 14.6. The number of rotatable bonds is 4. The molecule has 1 N–H and O–H groups in total. The molecule has 4 rings (SSSR count). The van der Waals surface area contributed by atoms with Crippen molar-refractivity contribution in [2.45, 2.75) is 32.1 Å². The zero-order chi connectivity index (χ0) is 20.9. The number of nitrogens with one attached hydrogen (secondary N) is 1. The molecule has 0 saturated carbocycles. The molecule has 2 amide bonds. The van der Waals surface area contributed by atoms with E-state index >= 15 is 0 Å². The highest BCUT2D eigenvalue weighted by Crippen LogP contribution is 2.26. The van der Waals surface area contributed by atoms with Crippen LogP contribution in [0.2, 0.25) is 5.02 Å². The molecule has 1 aromatic carbocycles. The Kier molecular flexibility index (Phi) is 6.47. The number of amides is 2. The molecule has 2 fully saturated rings. The van der Waals surface area contributed by atoms with E-state index in [-0.39, 0.29) is 17.7 Å². The third-order valence-corrected chi connectivity index (χ3v) is 5.98. The summed E-state index contributed by atoms with van der Waals surface area (Å²) in [7, 11) is 0. The Morgan fingerprint density at radius 3 is 2.57 bits per heavy atom. The number of anilines is 2. The Morgan fingerprint density at radius 1 is 1.03 bits per heavy atom. The second kappa shape index (κ2) is 9.43. The van der Waals surface area contributed by atoms with E-state index in [1.54, 1.807) is 36.7 Å². The van der Waals surface area contributed by atoms with E-state index in [2.05, 4.69) is 15.3 Å². The van der Waals surface area contributed by atoms with Crippen molar-refractivity contribution in [3.8, 4) is 0 Å². The molecule has 1 aromatic heterocycles. The maximum Gasteiger partial charge on any atom is 0.255 e. The van der Waals surface area contributed by atoms with Gasteiger partial charge in [-0.2, -0.15) is 0 Å². The van der Waals surface area contributed by atoms with Gasteiger partial charge in [-0.1, -0.05) is 11.6 Å². The number of likely N-dealkylation sites (tertiary alicyclic amines) is 1. The standard InChI is InChI=1S/C22H26ClN5O2/c23-17-7-8-18(21(30)27-11-2-1-3-12-27)19(14-17)26-20(29)16-6-4-13-28(15-16)22-24-9-5-10-25-22/h5,7-10,14,16H,1-4,6,11-13,15H2,(H,26,29). The van der Waals surface area contributed by atoms with Gasteiger partial charge in [0.1, 0.15) is 0 Å². The number of benzene rings is 1. The molecule has 0 bridgehead atoms. The molecule has 8 heteroatoms. The van der Waals surface area contributed by atoms with E-state index in [0.29, 0.717) is 28.8 Å². The van der Waals surface area contributed by atoms with Crippen LogP contribution in [-0.4, -0.2) is 52.9 Å². The van der Waals surface area contributed by atoms with Gasteiger partial charge in [-0.05, 0) is 56.4 Å². The van der Waals surface area contributed by atoms with Crippen molar-refractivity contribution in [1.29, 1.82) is 0 Å². The van der Waals surface area contributed by atoms with Crippen LogP contribution in [-0.2, 0) is 4.79 Å². The van der Waals surface area contributed by atoms with Gasteiger partial charge in [0.25, 0.3) is 5.91 Å². The molecule has 2 aliphatic rings. The number of piperidine rings is 2. The number of carbonyl (C=O) groups excluding carboxylic acids is 2. The van der Waals surface area contributed by atoms with E-state index in [9.17, 15) is 9.59 Å². The molecule has 7 nitrogen and oxygen atoms in total. The molecule has 3 heterocycles. The van der Waals surface area contributed by atoms with Crippen molar-refractivity contribution in [2.75, 3.05) is 36.4 Å². The van der Waals surface area contributed by atoms with Gasteiger partial charge >= 0.3 is 0 Å². The Morgan fingerprint density at radius 2 is 1.80 bits per heavy atom. The van der Waals surface area contributed by atoms with E-state index in [4.69, 9.17) is 11.6 Å². The van der Waals surface area contributed by atoms with Gasteiger partial charge in [-0.3, -0.25) is 9.59 Å². The summed E-state index contributed by atoms with van der Waals surface area (Å²) in [6.45, 7) is 2.88. The molecule has 30 heavy (non-hydrogen) atoms. The van der Waals surface area contributed by atoms with E-state index in [0.717, 1.165) is 51.7 Å². The highest BCUT2D eigenvalue weighted by molar-refractivity contribution is 6.31. The average molecular weight is 428 g/mol. The molecule has 158 valence electrons. The lowest BCUT2D eigenvalue weighted by atomic mass is 9.97. The summed E-state index contributed by atoms with van der Waals surface area (Å²) in [5.41, 5.74) is 0.977. The normalized spacial score (nSPS) is 19.4. The van der Waals surface area contributed by atoms with Crippen LogP contribution < -0.4 is 10.2 Å². The predicted molar refractivity (Wildman–Crippen MR) is 117 cm³/mol. The number of halogens is 1. The first-order valence-electron chi connectivity index (χ1n) is 10.5. The molecular weight excluding hydrogens is 402 g/mol. The van der Waals surface area contributed by atoms with Gasteiger partial charge in [-0.25, -0.2) is 9.97 Å². The SMILES string of the molecule is O=C(Nc1cc(Cl)ccc1C(=O)N1CCCCC1)C1CCCN(c2ncccn2)C1. The van der Waals surface area contributed by atoms with Crippen LogP contribution in [0.3, 0.4) is 0 Å². The van der Waals surface area contributed by atoms with E-state index in [1.807, 2.05) is 9.80 Å². The molecular formula is C22H26ClN5O2. The average Bonchev–Trinajstić information content (AvgIpc) is 2.80. The number of hydrogen-bond donors (Lipinski definition) is 1. The van der Waals surface area contributed by atoms with E-state index in [1.165, 1.54) is 0 Å². The van der Waals surface area contributed by atoms with Crippen molar-refractivity contribution in [3.05, 3.63) is 47.2 Å². The first-order valence-corrected chi connectivity index (χ1v) is 10.9. The maximum absolute atomic E-state index is 13.1. The lowest BCUT2D eigenvalue weighted by molar-refractivity contribution is -0.120. The molecule has 2 aromatic rings. The highest BCUT2D eigenvalue weighted by atomic mass is 35.5. The van der Waals surface area contributed by atoms with Crippen molar-refractivity contribution < 1.29 is 9.59 Å². The van der Waals surface area contributed by atoms with Crippen molar-refractivity contribution in [1.82, 2.24) is 14.9 Å². The second-order valence-corrected chi connectivity index (χ2v) is 8.30. The summed E-state index contributed by atoms with van der Waals surface area (Å²) in [4.78, 5) is 38.6. The third-order valence-electron chi connectivity index (χ3n) is 5.74. The van der Waals surface area contributed by atoms with Gasteiger partial charge in [0, 0.05) is 43.6 Å². The summed E-state index contributed by atoms with van der Waals surface area (Å²) in [6.07, 6.45) is 8.25. The maximum atomic E-state index is 13.1. The molecule has 1 atom stereocenters. The van der Waals surface area contributed by atoms with Gasteiger partial charge < -0.3 is 15.1 Å². The lowest BCUT2D eigenvalue weighted by Gasteiger charge is -2.32. The minimum absolute atomic E-state index is 0.0513. The molecule has 0 spiro atoms. The van der Waals surface area contributed by atoms with Crippen LogP contribution in [0, 0.1) is 5.92 Å². The fourth-order valence-corrected chi connectivity index (χ4v) is 4.31. The molecule has 2 aliphatic heterocycles. The smallest absolute Gasteiger partial charge is 0.255 e. The quantitative estimate of drug-likeness (QED) is 0.806. The summed E-state index contributed by atoms with van der Waals surface area (Å²) in [5, 5.41) is 3.46. The summed E-state index contributed by atoms with van der Waals surface area (Å²) >= 11 is 6.18. The van der Waals surface area contributed by atoms with Crippen LogP contribution in [0.4, 0.5) is 11.6 Å². The minimum Gasteiger partial charge on any atom is -0.340 e. The monoisotopic (exact) mass is 427 g/mol. The van der Waals surface area contributed by atoms with Crippen molar-refractivity contribution in [2.24, 2.45) is 5.92 Å². The van der Waals surface area contributed by atoms with Crippen LogP contribution in [0.15, 0.2) is 36.7 Å². The molecule has 2 saturated heterocycles. The largest absolute Gasteiger partial charge is 0.340 e. The van der Waals surface area contributed by atoms with Crippen LogP contribution >= 0.6 is 11.6 Å². The Bertz CT molecular complexity index is 902. The predicted octanol–water partition coefficient (Wildman–Crippen LogP) is 3.61. The van der Waals surface area contributed by atoms with Gasteiger partial charge in [0.2, 0.25) is 11.9 Å². The van der Waals surface area contributed by atoms with Crippen molar-refractivity contribution in [3.63, 3.8) is 0 Å². The number of hydrogen-bond acceptors (Lipinski definition) is 5. The molecule has 0 radical (unpaired) electrons. The van der Waals surface area contributed by atoms with E-state index < -0.39 is 0 Å². The fourth-order valence-electron chi connectivity index (χ4n) is 4.14. The second-order valence-electron chi connectivity index (χ2n) is 7.87. The minimum atomic E-state index is -0.209. The zero-order valence-corrected chi connectivity index (χ0v) is 17.6. The first kappa shape index (κ1) is 20.6. The summed E-state index contributed by atoms with van der Waals surface area (Å²) < 4.78 is 0. The Hall–Kier alpha value is -2.67. The number of nitrogens with zero attached hydrogens (tertiary/aromatic N) is 4. The fraction of sp³-hybridized carbons (Fsp3) is 0.455. The van der Waals surface area contributed by atoms with Crippen LogP contribution in [0.1, 0.15) is 42.5 Å². The molecule has 0 aliphatic carbocycles. The lowest BCUT2D eigenvalue weighted by Crippen LogP contribution is -2.42. The Balaban J connectivity index is 1.48. The number of aromatic nitrogens is 2.